The molecule has 60 valence electrons. The lowest BCUT2D eigenvalue weighted by Crippen LogP contribution is -1.94. The standard InChI is InChI=1S/C8H10FNO/c1-5-3-8(11-2)7(10)4-6(5)9/h3-4H,10H2,1-2H3. The molecule has 2 N–H and O–H groups in total. The minimum absolute atomic E-state index is 0.302. The maximum atomic E-state index is 12.8. The Kier molecular flexibility index (Phi) is 1.98. The average Bonchev–Trinajstić information content (AvgIpc) is 1.97. The fraction of sp³-hybridized carbons (Fsp3) is 0.250. The summed E-state index contributed by atoms with van der Waals surface area (Å²) in [4.78, 5) is 0. The van der Waals surface area contributed by atoms with Crippen LogP contribution in [0.15, 0.2) is 12.1 Å². The highest BCUT2D eigenvalue weighted by Crippen LogP contribution is 2.23. The molecule has 11 heavy (non-hydrogen) atoms. The number of hydrogen-bond donors (Lipinski definition) is 1. The van der Waals surface area contributed by atoms with Gasteiger partial charge in [-0.15, -0.1) is 0 Å². The van der Waals surface area contributed by atoms with Crippen LogP contribution < -0.4 is 10.5 Å². The Hall–Kier alpha value is -1.25. The first-order chi connectivity index (χ1) is 5.15. The van der Waals surface area contributed by atoms with Crippen LogP contribution in [0.1, 0.15) is 5.56 Å². The fourth-order valence-corrected chi connectivity index (χ4v) is 0.847. The summed E-state index contributed by atoms with van der Waals surface area (Å²) in [7, 11) is 1.50. The number of aryl methyl sites for hydroxylation is 1. The summed E-state index contributed by atoms with van der Waals surface area (Å²) in [6.45, 7) is 1.66. The summed E-state index contributed by atoms with van der Waals surface area (Å²) in [5.41, 5.74) is 6.30. The van der Waals surface area contributed by atoms with E-state index < -0.39 is 0 Å². The van der Waals surface area contributed by atoms with Gasteiger partial charge in [-0.2, -0.15) is 0 Å². The van der Waals surface area contributed by atoms with Gasteiger partial charge in [-0.1, -0.05) is 0 Å². The van der Waals surface area contributed by atoms with Gasteiger partial charge in [0.2, 0.25) is 0 Å². The van der Waals surface area contributed by atoms with Gasteiger partial charge in [0.1, 0.15) is 11.6 Å². The fourth-order valence-electron chi connectivity index (χ4n) is 0.847. The summed E-state index contributed by atoms with van der Waals surface area (Å²) < 4.78 is 17.6. The van der Waals surface area contributed by atoms with Gasteiger partial charge in [0.25, 0.3) is 0 Å². The number of nitrogens with two attached hydrogens (primary N) is 1. The van der Waals surface area contributed by atoms with Crippen LogP contribution >= 0.6 is 0 Å². The van der Waals surface area contributed by atoms with Crippen LogP contribution in [0.25, 0.3) is 0 Å². The van der Waals surface area contributed by atoms with Gasteiger partial charge in [-0.3, -0.25) is 0 Å². The minimum atomic E-state index is -0.302. The van der Waals surface area contributed by atoms with Gasteiger partial charge >= 0.3 is 0 Å². The van der Waals surface area contributed by atoms with Crippen LogP contribution in [0.2, 0.25) is 0 Å². The molecule has 3 heteroatoms. The third kappa shape index (κ3) is 1.42. The van der Waals surface area contributed by atoms with Crippen molar-refractivity contribution in [3.05, 3.63) is 23.5 Å². The highest BCUT2D eigenvalue weighted by atomic mass is 19.1. The van der Waals surface area contributed by atoms with E-state index in [4.69, 9.17) is 10.5 Å². The van der Waals surface area contributed by atoms with Crippen molar-refractivity contribution in [2.45, 2.75) is 6.92 Å². The van der Waals surface area contributed by atoms with Gasteiger partial charge < -0.3 is 10.5 Å². The minimum Gasteiger partial charge on any atom is -0.495 e. The quantitative estimate of drug-likeness (QED) is 0.627. The Morgan fingerprint density at radius 1 is 1.45 bits per heavy atom. The van der Waals surface area contributed by atoms with Crippen molar-refractivity contribution >= 4 is 5.69 Å². The SMILES string of the molecule is COc1cc(C)c(F)cc1N. The Bertz CT molecular complexity index is 273. The molecule has 0 atom stereocenters. The van der Waals surface area contributed by atoms with Crippen LogP contribution in [0, 0.1) is 12.7 Å². The second-order valence-corrected chi connectivity index (χ2v) is 2.34. The number of ether oxygens (including phenoxy) is 1. The van der Waals surface area contributed by atoms with Crippen molar-refractivity contribution < 1.29 is 9.13 Å². The van der Waals surface area contributed by atoms with E-state index in [2.05, 4.69) is 0 Å². The first-order valence-electron chi connectivity index (χ1n) is 3.24. The number of halogens is 1. The van der Waals surface area contributed by atoms with E-state index in [0.29, 0.717) is 17.0 Å². The predicted molar refractivity (Wildman–Crippen MR) is 42.1 cm³/mol. The third-order valence-electron chi connectivity index (χ3n) is 1.51. The molecule has 0 saturated heterocycles. The summed E-state index contributed by atoms with van der Waals surface area (Å²) in [5.74, 6) is 0.215. The van der Waals surface area contributed by atoms with Gasteiger partial charge in [-0.25, -0.2) is 4.39 Å². The molecule has 0 aliphatic rings. The molecule has 0 aliphatic heterocycles. The molecule has 0 unspecified atom stereocenters. The van der Waals surface area contributed by atoms with E-state index in [9.17, 15) is 4.39 Å². The topological polar surface area (TPSA) is 35.2 Å². The molecule has 0 bridgehead atoms. The van der Waals surface area contributed by atoms with Gasteiger partial charge in [0.15, 0.2) is 0 Å². The molecule has 1 aromatic carbocycles. The van der Waals surface area contributed by atoms with Gasteiger partial charge in [0, 0.05) is 6.07 Å². The van der Waals surface area contributed by atoms with Crippen LogP contribution in [-0.2, 0) is 0 Å². The van der Waals surface area contributed by atoms with E-state index in [-0.39, 0.29) is 5.82 Å². The van der Waals surface area contributed by atoms with Gasteiger partial charge in [-0.05, 0) is 18.6 Å². The molecular formula is C8H10FNO. The molecule has 1 aromatic rings. The Morgan fingerprint density at radius 2 is 2.09 bits per heavy atom. The highest BCUT2D eigenvalue weighted by Gasteiger charge is 2.03. The Labute approximate surface area is 64.8 Å². The molecule has 0 heterocycles. The van der Waals surface area contributed by atoms with E-state index >= 15 is 0 Å². The molecule has 0 spiro atoms. The molecule has 0 saturated carbocycles. The second kappa shape index (κ2) is 2.78. The molecule has 0 amide bonds. The van der Waals surface area contributed by atoms with Crippen molar-refractivity contribution in [1.29, 1.82) is 0 Å². The first kappa shape index (κ1) is 7.85. The normalized spacial score (nSPS) is 9.73. The van der Waals surface area contributed by atoms with Crippen LogP contribution in [0.4, 0.5) is 10.1 Å². The van der Waals surface area contributed by atoms with Crippen LogP contribution in [0.5, 0.6) is 5.75 Å². The van der Waals surface area contributed by atoms with E-state index in [0.717, 1.165) is 0 Å². The molecular weight excluding hydrogens is 145 g/mol. The Morgan fingerprint density at radius 3 is 2.64 bits per heavy atom. The molecule has 0 fully saturated rings. The maximum Gasteiger partial charge on any atom is 0.142 e. The molecule has 0 radical (unpaired) electrons. The highest BCUT2D eigenvalue weighted by molar-refractivity contribution is 5.54. The number of benzene rings is 1. The van der Waals surface area contributed by atoms with E-state index in [1.54, 1.807) is 13.0 Å². The second-order valence-electron chi connectivity index (χ2n) is 2.34. The van der Waals surface area contributed by atoms with Crippen molar-refractivity contribution in [3.63, 3.8) is 0 Å². The largest absolute Gasteiger partial charge is 0.495 e. The number of rotatable bonds is 1. The summed E-state index contributed by atoms with van der Waals surface area (Å²) in [6.07, 6.45) is 0. The lowest BCUT2D eigenvalue weighted by atomic mass is 10.2. The number of anilines is 1. The molecule has 1 rings (SSSR count). The summed E-state index contributed by atoms with van der Waals surface area (Å²) in [6, 6.07) is 2.83. The zero-order chi connectivity index (χ0) is 8.43. The van der Waals surface area contributed by atoms with Gasteiger partial charge in [0.05, 0.1) is 12.8 Å². The van der Waals surface area contributed by atoms with Crippen molar-refractivity contribution in [2.24, 2.45) is 0 Å². The monoisotopic (exact) mass is 155 g/mol. The zero-order valence-electron chi connectivity index (χ0n) is 6.52. The Balaban J connectivity index is 3.21. The van der Waals surface area contributed by atoms with Crippen molar-refractivity contribution in [1.82, 2.24) is 0 Å². The predicted octanol–water partition coefficient (Wildman–Crippen LogP) is 1.72. The molecule has 2 nitrogen and oxygen atoms in total. The molecule has 0 aromatic heterocycles. The average molecular weight is 155 g/mol. The molecule has 0 aliphatic carbocycles. The summed E-state index contributed by atoms with van der Waals surface area (Å²) >= 11 is 0. The third-order valence-corrected chi connectivity index (χ3v) is 1.51. The number of hydrogen-bond acceptors (Lipinski definition) is 2. The van der Waals surface area contributed by atoms with Crippen LogP contribution in [-0.4, -0.2) is 7.11 Å². The number of methoxy groups -OCH3 is 1. The van der Waals surface area contributed by atoms with Crippen molar-refractivity contribution in [2.75, 3.05) is 12.8 Å². The van der Waals surface area contributed by atoms with E-state index in [1.807, 2.05) is 0 Å². The maximum absolute atomic E-state index is 12.8. The lowest BCUT2D eigenvalue weighted by molar-refractivity contribution is 0.415. The zero-order valence-corrected chi connectivity index (χ0v) is 6.52. The van der Waals surface area contributed by atoms with Crippen molar-refractivity contribution in [3.8, 4) is 5.75 Å². The summed E-state index contributed by atoms with van der Waals surface area (Å²) in [5, 5.41) is 0. The van der Waals surface area contributed by atoms with Crippen LogP contribution in [0.3, 0.4) is 0 Å². The number of nitrogen functional groups attached to an aromatic ring is 1. The first-order valence-corrected chi connectivity index (χ1v) is 3.24. The lowest BCUT2D eigenvalue weighted by Gasteiger charge is -2.05. The van der Waals surface area contributed by atoms with E-state index in [1.165, 1.54) is 13.2 Å². The smallest absolute Gasteiger partial charge is 0.142 e.